The third-order valence-electron chi connectivity index (χ3n) is 8.95. The lowest BCUT2D eigenvalue weighted by Gasteiger charge is -2.47. The summed E-state index contributed by atoms with van der Waals surface area (Å²) >= 11 is 0. The molecule has 6 aliphatic rings. The van der Waals surface area contributed by atoms with Crippen molar-refractivity contribution < 1.29 is 53.8 Å². The second-order valence-electron chi connectivity index (χ2n) is 10.8. The molecule has 4 heterocycles. The number of aliphatic hydroxyl groups excluding tert-OH is 3. The highest BCUT2D eigenvalue weighted by Crippen LogP contribution is 2.84. The summed E-state index contributed by atoms with van der Waals surface area (Å²) in [5, 5.41) is 46.1. The molecule has 2 saturated carbocycles. The van der Waals surface area contributed by atoms with Crippen LogP contribution in [0.1, 0.15) is 27.7 Å². The van der Waals surface area contributed by atoms with Crippen LogP contribution >= 0.6 is 0 Å². The number of carbonyl (C=O) groups excluding carboxylic acids is 3. The van der Waals surface area contributed by atoms with E-state index >= 15 is 0 Å². The Morgan fingerprint density at radius 2 is 1.58 bits per heavy atom. The molecule has 12 atom stereocenters. The topological polar surface area (TPSA) is 169 Å². The third-order valence-corrected chi connectivity index (χ3v) is 8.95. The van der Waals surface area contributed by atoms with Gasteiger partial charge in [-0.05, 0) is 12.3 Å². The first-order chi connectivity index (χ1) is 14.3. The van der Waals surface area contributed by atoms with E-state index in [2.05, 4.69) is 0 Å². The molecule has 4 N–H and O–H groups in total. The van der Waals surface area contributed by atoms with Crippen LogP contribution in [0.4, 0.5) is 0 Å². The molecule has 0 unspecified atom stereocenters. The van der Waals surface area contributed by atoms with Gasteiger partial charge in [0, 0.05) is 5.92 Å². The third kappa shape index (κ3) is 1.43. The molecule has 0 aromatic heterocycles. The zero-order valence-electron chi connectivity index (χ0n) is 17.3. The molecule has 0 radical (unpaired) electrons. The van der Waals surface area contributed by atoms with Crippen LogP contribution in [-0.4, -0.2) is 86.3 Å². The second kappa shape index (κ2) is 4.91. The molecule has 0 aromatic carbocycles. The SMILES string of the molecule is C[C@@H]1C(=O)O[C@H]2[C@H](O)[C@@]34[C@@H]5OC(=O)[C@]3(O[C@@H]3OC(=O)[C@H](O)[C@]34[C@H](C(C)(C)C)[C@H]5O)[C@@]12O. The van der Waals surface area contributed by atoms with Crippen LogP contribution < -0.4 is 0 Å². The zero-order valence-corrected chi connectivity index (χ0v) is 17.3. The smallest absolute Gasteiger partial charge is 0.343 e. The Bertz CT molecular complexity index is 957. The van der Waals surface area contributed by atoms with Gasteiger partial charge in [-0.1, -0.05) is 20.8 Å². The molecule has 2 spiro atoms. The van der Waals surface area contributed by atoms with Crippen molar-refractivity contribution in [3.8, 4) is 0 Å². The molecule has 0 aromatic rings. The van der Waals surface area contributed by atoms with Gasteiger partial charge in [0.2, 0.25) is 11.9 Å². The van der Waals surface area contributed by atoms with Crippen molar-refractivity contribution in [1.29, 1.82) is 0 Å². The molecule has 4 saturated heterocycles. The van der Waals surface area contributed by atoms with Gasteiger partial charge in [-0.15, -0.1) is 0 Å². The first-order valence-electron chi connectivity index (χ1n) is 10.3. The van der Waals surface area contributed by atoms with Crippen LogP contribution in [0.25, 0.3) is 0 Å². The van der Waals surface area contributed by atoms with Gasteiger partial charge in [0.25, 0.3) is 0 Å². The van der Waals surface area contributed by atoms with Gasteiger partial charge >= 0.3 is 17.9 Å². The van der Waals surface area contributed by atoms with Crippen molar-refractivity contribution in [3.05, 3.63) is 0 Å². The summed E-state index contributed by atoms with van der Waals surface area (Å²) in [6.45, 7) is 6.63. The Hall–Kier alpha value is -1.79. The summed E-state index contributed by atoms with van der Waals surface area (Å²) in [7, 11) is 0. The van der Waals surface area contributed by atoms with E-state index in [0.29, 0.717) is 0 Å². The highest BCUT2D eigenvalue weighted by atomic mass is 16.8. The van der Waals surface area contributed by atoms with Crippen molar-refractivity contribution in [2.45, 2.75) is 75.7 Å². The van der Waals surface area contributed by atoms with Gasteiger partial charge in [0.15, 0.2) is 17.8 Å². The van der Waals surface area contributed by atoms with Crippen molar-refractivity contribution >= 4 is 17.9 Å². The molecule has 0 bridgehead atoms. The minimum absolute atomic E-state index is 0.792. The molecule has 6 fully saturated rings. The second-order valence-corrected chi connectivity index (χ2v) is 10.8. The summed E-state index contributed by atoms with van der Waals surface area (Å²) in [6.07, 6.45) is -9.69. The Labute approximate surface area is 176 Å². The Morgan fingerprint density at radius 1 is 0.935 bits per heavy atom. The molecule has 6 rings (SSSR count). The maximum Gasteiger partial charge on any atom is 0.343 e. The van der Waals surface area contributed by atoms with E-state index in [-0.39, 0.29) is 0 Å². The lowest BCUT2D eigenvalue weighted by molar-refractivity contribution is -0.240. The largest absolute Gasteiger partial charge is 0.456 e. The maximum atomic E-state index is 13.4. The van der Waals surface area contributed by atoms with Gasteiger partial charge in [-0.2, -0.15) is 0 Å². The lowest BCUT2D eigenvalue weighted by atomic mass is 9.51. The van der Waals surface area contributed by atoms with E-state index in [1.807, 2.05) is 0 Å². The number of carbonyl (C=O) groups is 3. The van der Waals surface area contributed by atoms with Gasteiger partial charge < -0.3 is 39.4 Å². The van der Waals surface area contributed by atoms with Gasteiger partial charge in [-0.25, -0.2) is 9.59 Å². The number of hydrogen-bond donors (Lipinski definition) is 4. The molecule has 170 valence electrons. The average molecular weight is 440 g/mol. The summed E-state index contributed by atoms with van der Waals surface area (Å²) in [5.41, 5.74) is -9.40. The van der Waals surface area contributed by atoms with E-state index in [4.69, 9.17) is 18.9 Å². The molecular formula is C20H24O11. The van der Waals surface area contributed by atoms with Crippen LogP contribution in [0.3, 0.4) is 0 Å². The van der Waals surface area contributed by atoms with Crippen LogP contribution in [0.5, 0.6) is 0 Å². The lowest BCUT2D eigenvalue weighted by Crippen LogP contribution is -2.67. The summed E-state index contributed by atoms with van der Waals surface area (Å²) in [6, 6.07) is 0. The molecule has 0 amide bonds. The number of esters is 3. The Morgan fingerprint density at radius 3 is 2.19 bits per heavy atom. The van der Waals surface area contributed by atoms with Crippen molar-refractivity contribution in [3.63, 3.8) is 0 Å². The number of hydrogen-bond acceptors (Lipinski definition) is 11. The first kappa shape index (κ1) is 19.9. The van der Waals surface area contributed by atoms with E-state index in [1.165, 1.54) is 6.92 Å². The van der Waals surface area contributed by atoms with Crippen LogP contribution in [-0.2, 0) is 33.3 Å². The van der Waals surface area contributed by atoms with E-state index in [1.54, 1.807) is 20.8 Å². The highest BCUT2D eigenvalue weighted by Gasteiger charge is 3.05. The summed E-state index contributed by atoms with van der Waals surface area (Å²) in [5.74, 6) is -5.22. The predicted molar refractivity (Wildman–Crippen MR) is 93.4 cm³/mol. The molecule has 11 heteroatoms. The van der Waals surface area contributed by atoms with E-state index < -0.39 is 94.0 Å². The highest BCUT2D eigenvalue weighted by molar-refractivity contribution is 5.94. The molecule has 4 aliphatic heterocycles. The fourth-order valence-corrected chi connectivity index (χ4v) is 8.27. The molecular weight excluding hydrogens is 416 g/mol. The fourth-order valence-electron chi connectivity index (χ4n) is 8.27. The summed E-state index contributed by atoms with van der Waals surface area (Å²) in [4.78, 5) is 38.3. The minimum atomic E-state index is -2.40. The van der Waals surface area contributed by atoms with E-state index in [9.17, 15) is 34.8 Å². The van der Waals surface area contributed by atoms with Crippen molar-refractivity contribution in [2.75, 3.05) is 0 Å². The monoisotopic (exact) mass is 440 g/mol. The number of fused-ring (bicyclic) bond motifs is 1. The standard InChI is InChI=1S/C20H24O11/c1-5-12(24)28-11-8(22)18-10-6(21)7(16(2,3)4)17(18)9(23)13(25)30-15(17)31-20(18,14(26)29-10)19(5,11)27/h5-11,15,21-23,27H,1-4H3/t5-,6-,7+,8+,9+,10-,11+,15+,17-,18+,19-,20-/m1/s1. The normalized spacial score (nSPS) is 61.0. The Kier molecular flexibility index (Phi) is 3.15. The fraction of sp³-hybridized carbons (Fsp3) is 0.850. The zero-order chi connectivity index (χ0) is 22.7. The van der Waals surface area contributed by atoms with Gasteiger partial charge in [-0.3, -0.25) is 4.79 Å². The molecule has 11 nitrogen and oxygen atoms in total. The number of rotatable bonds is 0. The van der Waals surface area contributed by atoms with Gasteiger partial charge in [0.05, 0.1) is 22.9 Å². The Balaban J connectivity index is 1.75. The summed E-state index contributed by atoms with van der Waals surface area (Å²) < 4.78 is 22.2. The predicted octanol–water partition coefficient (Wildman–Crippen LogP) is -2.40. The van der Waals surface area contributed by atoms with Gasteiger partial charge in [0.1, 0.15) is 12.2 Å². The molecule has 31 heavy (non-hydrogen) atoms. The first-order valence-corrected chi connectivity index (χ1v) is 10.3. The average Bonchev–Trinajstić information content (AvgIpc) is 3.35. The minimum Gasteiger partial charge on any atom is -0.456 e. The van der Waals surface area contributed by atoms with Crippen LogP contribution in [0.2, 0.25) is 0 Å². The number of ether oxygens (including phenoxy) is 4. The van der Waals surface area contributed by atoms with Crippen molar-refractivity contribution in [1.82, 2.24) is 0 Å². The number of aliphatic hydroxyl groups is 4. The van der Waals surface area contributed by atoms with Crippen molar-refractivity contribution in [2.24, 2.45) is 28.1 Å². The maximum absolute atomic E-state index is 13.4. The quantitative estimate of drug-likeness (QED) is 0.234. The van der Waals surface area contributed by atoms with E-state index in [0.717, 1.165) is 0 Å². The molecule has 2 aliphatic carbocycles. The van der Waals surface area contributed by atoms with Crippen LogP contribution in [0.15, 0.2) is 0 Å². The van der Waals surface area contributed by atoms with Crippen LogP contribution in [0, 0.1) is 28.1 Å².